The lowest BCUT2D eigenvalue weighted by molar-refractivity contribution is -0.147. The molecule has 1 amide bonds. The zero-order valence-corrected chi connectivity index (χ0v) is 20.1. The standard InChI is InChI=1S/C28H31N3O4/c1-18(19-7-9-21(10-8-19)28(33)34-2)29-27(32)25-13-14-26-24(15-16-35-26)31(25)17-22-12-11-20-5-3-4-6-23(20)30-22/h3-6,11-16,18-19,21,25H,7-10,17H2,1-2H3,(H,29,32). The number of hydrogen-bond donors (Lipinski definition) is 1. The second-order valence-electron chi connectivity index (χ2n) is 9.53. The summed E-state index contributed by atoms with van der Waals surface area (Å²) in [5.74, 6) is 0.888. The molecule has 3 aromatic rings. The molecule has 1 N–H and O–H groups in total. The molecule has 7 heteroatoms. The average molecular weight is 474 g/mol. The third-order valence-corrected chi connectivity index (χ3v) is 7.39. The Morgan fingerprint density at radius 3 is 2.74 bits per heavy atom. The maximum absolute atomic E-state index is 13.5. The van der Waals surface area contributed by atoms with Crippen LogP contribution >= 0.6 is 0 Å². The fourth-order valence-electron chi connectivity index (χ4n) is 5.34. The first kappa shape index (κ1) is 23.1. The van der Waals surface area contributed by atoms with Gasteiger partial charge < -0.3 is 19.4 Å². The summed E-state index contributed by atoms with van der Waals surface area (Å²) in [6.07, 6.45) is 8.83. The molecule has 1 aromatic carbocycles. The zero-order valence-electron chi connectivity index (χ0n) is 20.1. The van der Waals surface area contributed by atoms with Crippen LogP contribution in [-0.2, 0) is 20.9 Å². The first-order valence-corrected chi connectivity index (χ1v) is 12.3. The number of rotatable bonds is 6. The number of para-hydroxylation sites is 1. The Morgan fingerprint density at radius 2 is 1.94 bits per heavy atom. The molecule has 1 aliphatic carbocycles. The Bertz CT molecular complexity index is 1240. The molecule has 1 saturated carbocycles. The molecule has 0 bridgehead atoms. The first-order chi connectivity index (χ1) is 17.0. The van der Waals surface area contributed by atoms with Crippen LogP contribution in [0.4, 0.5) is 5.69 Å². The second kappa shape index (κ2) is 9.94. The van der Waals surface area contributed by atoms with Crippen molar-refractivity contribution in [3.05, 3.63) is 66.3 Å². The first-order valence-electron chi connectivity index (χ1n) is 12.3. The number of fused-ring (bicyclic) bond motifs is 2. The molecule has 7 nitrogen and oxygen atoms in total. The van der Waals surface area contributed by atoms with Gasteiger partial charge in [-0.2, -0.15) is 0 Å². The minimum Gasteiger partial charge on any atom is -0.469 e. The predicted octanol–water partition coefficient (Wildman–Crippen LogP) is 4.71. The van der Waals surface area contributed by atoms with Crippen LogP contribution in [-0.4, -0.2) is 36.1 Å². The molecule has 35 heavy (non-hydrogen) atoms. The van der Waals surface area contributed by atoms with Gasteiger partial charge in [0.05, 0.1) is 42.7 Å². The number of aromatic nitrogens is 1. The Kier molecular flexibility index (Phi) is 6.57. The van der Waals surface area contributed by atoms with E-state index in [4.69, 9.17) is 14.1 Å². The molecule has 0 spiro atoms. The number of nitrogens with zero attached hydrogens (tertiary/aromatic N) is 2. The van der Waals surface area contributed by atoms with Crippen LogP contribution in [0.2, 0.25) is 0 Å². The monoisotopic (exact) mass is 473 g/mol. The van der Waals surface area contributed by atoms with E-state index in [1.165, 1.54) is 7.11 Å². The summed E-state index contributed by atoms with van der Waals surface area (Å²) in [6, 6.07) is 13.5. The van der Waals surface area contributed by atoms with Gasteiger partial charge >= 0.3 is 5.97 Å². The van der Waals surface area contributed by atoms with E-state index in [1.807, 2.05) is 53.5 Å². The van der Waals surface area contributed by atoms with E-state index < -0.39 is 6.04 Å². The number of nitrogens with one attached hydrogen (secondary N) is 1. The molecule has 2 aromatic heterocycles. The van der Waals surface area contributed by atoms with Gasteiger partial charge in [-0.05, 0) is 62.8 Å². The summed E-state index contributed by atoms with van der Waals surface area (Å²) >= 11 is 0. The van der Waals surface area contributed by atoms with E-state index in [9.17, 15) is 9.59 Å². The largest absolute Gasteiger partial charge is 0.469 e. The fraction of sp³-hybridized carbons (Fsp3) is 0.393. The highest BCUT2D eigenvalue weighted by Crippen LogP contribution is 2.33. The maximum Gasteiger partial charge on any atom is 0.308 e. The van der Waals surface area contributed by atoms with Crippen LogP contribution in [0.25, 0.3) is 17.0 Å². The van der Waals surface area contributed by atoms with Crippen molar-refractivity contribution in [1.82, 2.24) is 10.3 Å². The third kappa shape index (κ3) is 4.81. The molecular weight excluding hydrogens is 442 g/mol. The average Bonchev–Trinajstić information content (AvgIpc) is 3.38. The van der Waals surface area contributed by atoms with Crippen molar-refractivity contribution in [2.24, 2.45) is 11.8 Å². The Labute approximate surface area is 205 Å². The number of pyridine rings is 1. The number of benzene rings is 1. The molecule has 2 unspecified atom stereocenters. The number of furan rings is 1. The summed E-state index contributed by atoms with van der Waals surface area (Å²) in [4.78, 5) is 32.2. The van der Waals surface area contributed by atoms with Crippen molar-refractivity contribution < 1.29 is 18.7 Å². The number of hydrogen-bond acceptors (Lipinski definition) is 6. The lowest BCUT2D eigenvalue weighted by atomic mass is 9.79. The summed E-state index contributed by atoms with van der Waals surface area (Å²) in [6.45, 7) is 2.55. The SMILES string of the molecule is COC(=O)C1CCC(C(C)NC(=O)C2C=Cc3occc3N2Cc2ccc3ccccc3n2)CC1. The molecule has 5 rings (SSSR count). The van der Waals surface area contributed by atoms with Crippen LogP contribution in [0.15, 0.2) is 59.2 Å². The smallest absolute Gasteiger partial charge is 0.308 e. The normalized spacial score (nSPS) is 22.5. The number of amides is 1. The van der Waals surface area contributed by atoms with Crippen LogP contribution in [0.3, 0.4) is 0 Å². The number of esters is 1. The van der Waals surface area contributed by atoms with Gasteiger partial charge in [-0.25, -0.2) is 0 Å². The summed E-state index contributed by atoms with van der Waals surface area (Å²) in [7, 11) is 1.44. The van der Waals surface area contributed by atoms with Crippen molar-refractivity contribution in [2.75, 3.05) is 12.0 Å². The third-order valence-electron chi connectivity index (χ3n) is 7.39. The van der Waals surface area contributed by atoms with Gasteiger partial charge in [0.25, 0.3) is 0 Å². The minimum absolute atomic E-state index is 0.0147. The number of ether oxygens (including phenoxy) is 1. The van der Waals surface area contributed by atoms with Crippen molar-refractivity contribution in [3.63, 3.8) is 0 Å². The van der Waals surface area contributed by atoms with Crippen LogP contribution in [0.5, 0.6) is 0 Å². The quantitative estimate of drug-likeness (QED) is 0.522. The minimum atomic E-state index is -0.470. The maximum atomic E-state index is 13.5. The highest BCUT2D eigenvalue weighted by Gasteiger charge is 2.34. The number of anilines is 1. The van der Waals surface area contributed by atoms with Gasteiger partial charge in [-0.1, -0.05) is 24.3 Å². The Morgan fingerprint density at radius 1 is 1.14 bits per heavy atom. The van der Waals surface area contributed by atoms with Crippen LogP contribution in [0.1, 0.15) is 44.1 Å². The van der Waals surface area contributed by atoms with E-state index in [2.05, 4.69) is 18.3 Å². The van der Waals surface area contributed by atoms with Gasteiger partial charge in [0.1, 0.15) is 11.8 Å². The number of methoxy groups -OCH3 is 1. The second-order valence-corrected chi connectivity index (χ2v) is 9.53. The van der Waals surface area contributed by atoms with E-state index in [0.29, 0.717) is 12.5 Å². The van der Waals surface area contributed by atoms with E-state index in [-0.39, 0.29) is 23.8 Å². The van der Waals surface area contributed by atoms with Crippen LogP contribution in [0, 0.1) is 11.8 Å². The topological polar surface area (TPSA) is 84.7 Å². The van der Waals surface area contributed by atoms with E-state index >= 15 is 0 Å². The van der Waals surface area contributed by atoms with Gasteiger partial charge in [-0.15, -0.1) is 0 Å². The van der Waals surface area contributed by atoms with Crippen molar-refractivity contribution in [2.45, 2.75) is 51.2 Å². The molecule has 2 atom stereocenters. The Balaban J connectivity index is 1.30. The van der Waals surface area contributed by atoms with Crippen molar-refractivity contribution >= 4 is 34.5 Å². The summed E-state index contributed by atoms with van der Waals surface area (Å²) in [5.41, 5.74) is 2.70. The molecule has 1 fully saturated rings. The summed E-state index contributed by atoms with van der Waals surface area (Å²) in [5, 5.41) is 4.33. The van der Waals surface area contributed by atoms with Crippen molar-refractivity contribution in [1.29, 1.82) is 0 Å². The van der Waals surface area contributed by atoms with E-state index in [0.717, 1.165) is 53.7 Å². The predicted molar refractivity (Wildman–Crippen MR) is 135 cm³/mol. The summed E-state index contributed by atoms with van der Waals surface area (Å²) < 4.78 is 10.5. The molecule has 1 aliphatic heterocycles. The van der Waals surface area contributed by atoms with Gasteiger partial charge in [0.15, 0.2) is 0 Å². The van der Waals surface area contributed by atoms with Gasteiger partial charge in [0, 0.05) is 17.5 Å². The molecule has 0 radical (unpaired) electrons. The van der Waals surface area contributed by atoms with Crippen LogP contribution < -0.4 is 10.2 Å². The Hall–Kier alpha value is -3.61. The number of carbonyl (C=O) groups excluding carboxylic acids is 2. The molecule has 0 saturated heterocycles. The number of carbonyl (C=O) groups is 2. The molecule has 2 aliphatic rings. The van der Waals surface area contributed by atoms with Gasteiger partial charge in [-0.3, -0.25) is 14.6 Å². The molecule has 182 valence electrons. The fourth-order valence-corrected chi connectivity index (χ4v) is 5.34. The molecule has 3 heterocycles. The highest BCUT2D eigenvalue weighted by atomic mass is 16.5. The lowest BCUT2D eigenvalue weighted by Gasteiger charge is -2.35. The van der Waals surface area contributed by atoms with E-state index in [1.54, 1.807) is 6.26 Å². The lowest BCUT2D eigenvalue weighted by Crippen LogP contribution is -2.51. The highest BCUT2D eigenvalue weighted by molar-refractivity contribution is 5.91. The van der Waals surface area contributed by atoms with Crippen molar-refractivity contribution in [3.8, 4) is 0 Å². The molecular formula is C28H31N3O4. The van der Waals surface area contributed by atoms with Gasteiger partial charge in [0.2, 0.25) is 5.91 Å². The zero-order chi connectivity index (χ0) is 24.4.